The van der Waals surface area contributed by atoms with Crippen LogP contribution in [0.25, 0.3) is 0 Å². The van der Waals surface area contributed by atoms with Gasteiger partial charge in [0.25, 0.3) is 0 Å². The minimum Gasteiger partial charge on any atom is -0.467 e. The third-order valence-corrected chi connectivity index (χ3v) is 2.83. The molecule has 0 aromatic heterocycles. The second-order valence-corrected chi connectivity index (χ2v) is 6.03. The van der Waals surface area contributed by atoms with E-state index < -0.39 is 23.7 Å². The van der Waals surface area contributed by atoms with Crippen LogP contribution in [0.1, 0.15) is 40.0 Å². The molecule has 1 amide bonds. The highest BCUT2D eigenvalue weighted by Gasteiger charge is 2.26. The lowest BCUT2D eigenvalue weighted by Gasteiger charge is -2.22. The molecular weight excluding hydrogens is 262 g/mol. The number of rotatable bonds is 7. The van der Waals surface area contributed by atoms with E-state index in [1.54, 1.807) is 20.8 Å². The number of carbonyl (C=O) groups is 2. The van der Waals surface area contributed by atoms with E-state index in [0.717, 1.165) is 12.3 Å². The van der Waals surface area contributed by atoms with Crippen LogP contribution in [0.3, 0.4) is 0 Å². The van der Waals surface area contributed by atoms with Crippen LogP contribution in [0, 0.1) is 5.92 Å². The van der Waals surface area contributed by atoms with E-state index in [4.69, 9.17) is 9.47 Å². The zero-order valence-electron chi connectivity index (χ0n) is 12.7. The molecular formula is C14H25NO5. The molecule has 1 N–H and O–H groups in total. The Labute approximate surface area is 120 Å². The Hall–Kier alpha value is -1.30. The van der Waals surface area contributed by atoms with E-state index in [1.165, 1.54) is 20.0 Å². The number of esters is 1. The van der Waals surface area contributed by atoms with Crippen molar-refractivity contribution < 1.29 is 23.8 Å². The molecule has 0 spiro atoms. The number of hydrogen-bond donors (Lipinski definition) is 1. The predicted molar refractivity (Wildman–Crippen MR) is 73.3 cm³/mol. The van der Waals surface area contributed by atoms with Gasteiger partial charge in [-0.1, -0.05) is 12.8 Å². The number of ether oxygens (including phenoxy) is 3. The van der Waals surface area contributed by atoms with Crippen LogP contribution in [0.2, 0.25) is 0 Å². The Morgan fingerprint density at radius 2 is 1.95 bits per heavy atom. The van der Waals surface area contributed by atoms with Crippen molar-refractivity contribution in [3.8, 4) is 0 Å². The molecule has 116 valence electrons. The summed E-state index contributed by atoms with van der Waals surface area (Å²) in [5.74, 6) is 0.229. The van der Waals surface area contributed by atoms with E-state index in [-0.39, 0.29) is 6.61 Å². The normalized spacial score (nSPS) is 16.4. The fourth-order valence-electron chi connectivity index (χ4n) is 1.62. The van der Waals surface area contributed by atoms with Gasteiger partial charge in [0.1, 0.15) is 5.60 Å². The number of carbonyl (C=O) groups excluding carboxylic acids is 2. The maximum absolute atomic E-state index is 11.6. The first-order chi connectivity index (χ1) is 9.31. The third kappa shape index (κ3) is 7.33. The monoisotopic (exact) mass is 287 g/mol. The molecule has 0 aromatic carbocycles. The Bertz CT molecular complexity index is 333. The molecule has 0 saturated heterocycles. The molecule has 0 aliphatic heterocycles. The SMILES string of the molecule is COC(=O)[C@H](COCCC1CC1)NC(=O)OC(C)(C)C. The summed E-state index contributed by atoms with van der Waals surface area (Å²) >= 11 is 0. The molecule has 6 heteroatoms. The molecule has 1 atom stereocenters. The molecule has 0 unspecified atom stereocenters. The fraction of sp³-hybridized carbons (Fsp3) is 0.857. The second-order valence-electron chi connectivity index (χ2n) is 6.03. The molecule has 1 aliphatic carbocycles. The molecule has 1 aliphatic rings. The highest BCUT2D eigenvalue weighted by Crippen LogP contribution is 2.32. The van der Waals surface area contributed by atoms with Gasteiger partial charge in [-0.05, 0) is 33.1 Å². The van der Waals surface area contributed by atoms with Crippen LogP contribution >= 0.6 is 0 Å². The van der Waals surface area contributed by atoms with Crippen molar-refractivity contribution in [3.05, 3.63) is 0 Å². The lowest BCUT2D eigenvalue weighted by atomic mass is 10.2. The number of amides is 1. The van der Waals surface area contributed by atoms with Gasteiger partial charge >= 0.3 is 12.1 Å². The van der Waals surface area contributed by atoms with Crippen LogP contribution < -0.4 is 5.32 Å². The van der Waals surface area contributed by atoms with Crippen molar-refractivity contribution in [2.75, 3.05) is 20.3 Å². The highest BCUT2D eigenvalue weighted by molar-refractivity contribution is 5.81. The average molecular weight is 287 g/mol. The van der Waals surface area contributed by atoms with E-state index in [1.807, 2.05) is 0 Å². The van der Waals surface area contributed by atoms with E-state index >= 15 is 0 Å². The largest absolute Gasteiger partial charge is 0.467 e. The first-order valence-electron chi connectivity index (χ1n) is 6.97. The summed E-state index contributed by atoms with van der Waals surface area (Å²) in [5, 5.41) is 2.47. The van der Waals surface area contributed by atoms with Gasteiger partial charge in [0, 0.05) is 6.61 Å². The Balaban J connectivity index is 2.33. The van der Waals surface area contributed by atoms with Crippen molar-refractivity contribution in [1.29, 1.82) is 0 Å². The first kappa shape index (κ1) is 16.8. The smallest absolute Gasteiger partial charge is 0.408 e. The number of nitrogens with one attached hydrogen (secondary N) is 1. The summed E-state index contributed by atoms with van der Waals surface area (Å²) in [4.78, 5) is 23.2. The minimum absolute atomic E-state index is 0.0959. The van der Waals surface area contributed by atoms with Crippen LogP contribution in [0.4, 0.5) is 4.79 Å². The number of alkyl carbamates (subject to hydrolysis) is 1. The average Bonchev–Trinajstić information content (AvgIpc) is 3.13. The van der Waals surface area contributed by atoms with Gasteiger partial charge in [0.15, 0.2) is 6.04 Å². The van der Waals surface area contributed by atoms with Crippen molar-refractivity contribution in [2.45, 2.75) is 51.7 Å². The van der Waals surface area contributed by atoms with Gasteiger partial charge in [-0.25, -0.2) is 9.59 Å². The molecule has 0 bridgehead atoms. The fourth-order valence-corrected chi connectivity index (χ4v) is 1.62. The zero-order valence-corrected chi connectivity index (χ0v) is 12.7. The van der Waals surface area contributed by atoms with E-state index in [0.29, 0.717) is 6.61 Å². The van der Waals surface area contributed by atoms with Gasteiger partial charge < -0.3 is 19.5 Å². The van der Waals surface area contributed by atoms with E-state index in [9.17, 15) is 9.59 Å². The van der Waals surface area contributed by atoms with Crippen LogP contribution in [-0.2, 0) is 19.0 Å². The summed E-state index contributed by atoms with van der Waals surface area (Å²) in [6.07, 6.45) is 2.87. The topological polar surface area (TPSA) is 73.9 Å². The summed E-state index contributed by atoms with van der Waals surface area (Å²) in [5.41, 5.74) is -0.614. The van der Waals surface area contributed by atoms with Gasteiger partial charge in [-0.15, -0.1) is 0 Å². The standard InChI is InChI=1S/C14H25NO5/c1-14(2,3)20-13(17)15-11(12(16)18-4)9-19-8-7-10-5-6-10/h10-11H,5-9H2,1-4H3,(H,15,17)/t11-/m0/s1. The number of methoxy groups -OCH3 is 1. The molecule has 20 heavy (non-hydrogen) atoms. The van der Waals surface area contributed by atoms with Crippen LogP contribution in [0.5, 0.6) is 0 Å². The summed E-state index contributed by atoms with van der Waals surface area (Å²) in [7, 11) is 1.27. The molecule has 6 nitrogen and oxygen atoms in total. The van der Waals surface area contributed by atoms with Crippen molar-refractivity contribution in [1.82, 2.24) is 5.32 Å². The van der Waals surface area contributed by atoms with Gasteiger partial charge in [0.2, 0.25) is 0 Å². The Kier molecular flexibility index (Phi) is 6.26. The highest BCUT2D eigenvalue weighted by atomic mass is 16.6. The van der Waals surface area contributed by atoms with Crippen molar-refractivity contribution >= 4 is 12.1 Å². The van der Waals surface area contributed by atoms with Crippen molar-refractivity contribution in [2.24, 2.45) is 5.92 Å². The van der Waals surface area contributed by atoms with Crippen LogP contribution in [-0.4, -0.2) is 44.0 Å². The Morgan fingerprint density at radius 3 is 2.45 bits per heavy atom. The van der Waals surface area contributed by atoms with E-state index in [2.05, 4.69) is 10.1 Å². The lowest BCUT2D eigenvalue weighted by molar-refractivity contribution is -0.144. The molecule has 0 radical (unpaired) electrons. The predicted octanol–water partition coefficient (Wildman–Crippen LogP) is 1.87. The Morgan fingerprint density at radius 1 is 1.30 bits per heavy atom. The number of hydrogen-bond acceptors (Lipinski definition) is 5. The van der Waals surface area contributed by atoms with Crippen molar-refractivity contribution in [3.63, 3.8) is 0 Å². The lowest BCUT2D eigenvalue weighted by Crippen LogP contribution is -2.46. The molecule has 1 fully saturated rings. The summed E-state index contributed by atoms with van der Waals surface area (Å²) in [6.45, 7) is 5.95. The second kappa shape index (κ2) is 7.47. The first-order valence-corrected chi connectivity index (χ1v) is 6.97. The molecule has 1 rings (SSSR count). The maximum Gasteiger partial charge on any atom is 0.408 e. The van der Waals surface area contributed by atoms with Gasteiger partial charge in [-0.2, -0.15) is 0 Å². The minimum atomic E-state index is -0.839. The maximum atomic E-state index is 11.6. The summed E-state index contributed by atoms with van der Waals surface area (Å²) in [6, 6.07) is -0.839. The quantitative estimate of drug-likeness (QED) is 0.571. The molecule has 0 heterocycles. The van der Waals surface area contributed by atoms with Gasteiger partial charge in [0.05, 0.1) is 13.7 Å². The zero-order chi connectivity index (χ0) is 15.2. The summed E-state index contributed by atoms with van der Waals surface area (Å²) < 4.78 is 15.2. The van der Waals surface area contributed by atoms with Gasteiger partial charge in [-0.3, -0.25) is 0 Å². The third-order valence-electron chi connectivity index (χ3n) is 2.83. The molecule has 0 aromatic rings. The molecule has 1 saturated carbocycles. The van der Waals surface area contributed by atoms with Crippen LogP contribution in [0.15, 0.2) is 0 Å².